The summed E-state index contributed by atoms with van der Waals surface area (Å²) in [6, 6.07) is 10.5. The van der Waals surface area contributed by atoms with Gasteiger partial charge in [-0.15, -0.1) is 5.10 Å². The number of benzene rings is 1. The molecular weight excluding hydrogens is 492 g/mol. The van der Waals surface area contributed by atoms with Gasteiger partial charge < -0.3 is 4.74 Å². The molecule has 1 aliphatic carbocycles. The standard InChI is InChI=1S/C27H37ClN6O3/c1-5-10-22-18-33(32-30-22)23-15-16-24(35)34(31-23)27(19-11-7-6-8-12-19,20-13-9-14-21(28)17-20)29-25(36)37-26(2,3)4/h9,13-17,19,22H,5-8,10-12,18H2,1-4H3,(H,29,36). The molecule has 37 heavy (non-hydrogen) atoms. The number of halogens is 1. The highest BCUT2D eigenvalue weighted by Crippen LogP contribution is 2.41. The van der Waals surface area contributed by atoms with Crippen LogP contribution in [0.25, 0.3) is 0 Å². The maximum absolute atomic E-state index is 13.6. The second-order valence-corrected chi connectivity index (χ2v) is 11.3. The highest BCUT2D eigenvalue weighted by molar-refractivity contribution is 6.30. The monoisotopic (exact) mass is 528 g/mol. The van der Waals surface area contributed by atoms with E-state index in [1.807, 2.05) is 32.9 Å². The van der Waals surface area contributed by atoms with Crippen molar-refractivity contribution in [1.82, 2.24) is 15.1 Å². The van der Waals surface area contributed by atoms with Crippen LogP contribution in [0.2, 0.25) is 5.02 Å². The fourth-order valence-electron chi connectivity index (χ4n) is 5.28. The lowest BCUT2D eigenvalue weighted by molar-refractivity contribution is 0.0281. The lowest BCUT2D eigenvalue weighted by atomic mass is 9.76. The number of ether oxygens (including phenoxy) is 1. The summed E-state index contributed by atoms with van der Waals surface area (Å²) in [5.74, 6) is 0.385. The summed E-state index contributed by atoms with van der Waals surface area (Å²) in [5.41, 5.74) is -1.69. The number of carbonyl (C=O) groups is 1. The number of anilines is 1. The molecule has 4 rings (SSSR count). The summed E-state index contributed by atoms with van der Waals surface area (Å²) in [4.78, 5) is 26.9. The summed E-state index contributed by atoms with van der Waals surface area (Å²) in [6.45, 7) is 8.13. The van der Waals surface area contributed by atoms with Crippen LogP contribution in [0.4, 0.5) is 10.6 Å². The van der Waals surface area contributed by atoms with Crippen molar-refractivity contribution in [1.29, 1.82) is 0 Å². The fraction of sp³-hybridized carbons (Fsp3) is 0.593. The molecule has 1 aromatic carbocycles. The first-order valence-electron chi connectivity index (χ1n) is 13.2. The van der Waals surface area contributed by atoms with E-state index in [-0.39, 0.29) is 17.5 Å². The van der Waals surface area contributed by atoms with Crippen molar-refractivity contribution >= 4 is 23.5 Å². The maximum atomic E-state index is 13.6. The van der Waals surface area contributed by atoms with E-state index in [1.165, 1.54) is 10.7 Å². The second kappa shape index (κ2) is 11.2. The van der Waals surface area contributed by atoms with Crippen molar-refractivity contribution in [2.45, 2.75) is 89.9 Å². The van der Waals surface area contributed by atoms with Crippen LogP contribution in [0, 0.1) is 5.92 Å². The zero-order valence-corrected chi connectivity index (χ0v) is 22.9. The lowest BCUT2D eigenvalue weighted by Crippen LogP contribution is -2.61. The molecule has 2 heterocycles. The first kappa shape index (κ1) is 27.1. The van der Waals surface area contributed by atoms with Crippen LogP contribution in [0.5, 0.6) is 0 Å². The number of nitrogens with zero attached hydrogens (tertiary/aromatic N) is 5. The maximum Gasteiger partial charge on any atom is 0.409 e. The molecule has 2 aliphatic rings. The summed E-state index contributed by atoms with van der Waals surface area (Å²) >= 11 is 6.45. The Bertz CT molecular complexity index is 1190. The van der Waals surface area contributed by atoms with Gasteiger partial charge in [0.05, 0.1) is 12.6 Å². The second-order valence-electron chi connectivity index (χ2n) is 10.9. The molecule has 2 atom stereocenters. The quantitative estimate of drug-likeness (QED) is 0.470. The van der Waals surface area contributed by atoms with Gasteiger partial charge in [-0.2, -0.15) is 9.80 Å². The number of hydrogen-bond donors (Lipinski definition) is 1. The molecule has 1 saturated carbocycles. The molecule has 1 fully saturated rings. The van der Waals surface area contributed by atoms with Crippen molar-refractivity contribution in [3.05, 3.63) is 57.3 Å². The van der Waals surface area contributed by atoms with Crippen LogP contribution >= 0.6 is 11.6 Å². The van der Waals surface area contributed by atoms with Crippen LogP contribution in [-0.4, -0.2) is 34.1 Å². The fourth-order valence-corrected chi connectivity index (χ4v) is 5.47. The highest BCUT2D eigenvalue weighted by atomic mass is 35.5. The molecule has 10 heteroatoms. The van der Waals surface area contributed by atoms with Gasteiger partial charge in [0.15, 0.2) is 11.5 Å². The Morgan fingerprint density at radius 3 is 2.59 bits per heavy atom. The van der Waals surface area contributed by atoms with Crippen LogP contribution < -0.4 is 15.9 Å². The number of carbonyl (C=O) groups excluding carboxylic acids is 1. The van der Waals surface area contributed by atoms with Gasteiger partial charge in [0, 0.05) is 22.6 Å². The molecule has 2 aromatic rings. The summed E-state index contributed by atoms with van der Waals surface area (Å²) in [5, 5.41) is 18.8. The zero-order valence-electron chi connectivity index (χ0n) is 22.1. The number of amides is 1. The Morgan fingerprint density at radius 2 is 1.92 bits per heavy atom. The van der Waals surface area contributed by atoms with Crippen LogP contribution in [-0.2, 0) is 10.4 Å². The normalized spacial score (nSPS) is 20.0. The molecule has 1 N–H and O–H groups in total. The van der Waals surface area contributed by atoms with E-state index in [9.17, 15) is 9.59 Å². The minimum Gasteiger partial charge on any atom is -0.444 e. The van der Waals surface area contributed by atoms with E-state index in [1.54, 1.807) is 23.2 Å². The minimum absolute atomic E-state index is 0.0862. The van der Waals surface area contributed by atoms with Gasteiger partial charge in [-0.1, -0.05) is 61.6 Å². The third-order valence-electron chi connectivity index (χ3n) is 6.87. The topological polar surface area (TPSA) is 101 Å². The van der Waals surface area contributed by atoms with Crippen molar-refractivity contribution in [3.8, 4) is 0 Å². The minimum atomic E-state index is -1.31. The molecule has 0 saturated heterocycles. The Labute approximate surface area is 223 Å². The van der Waals surface area contributed by atoms with E-state index < -0.39 is 17.4 Å². The molecule has 2 unspecified atom stereocenters. The molecule has 1 aliphatic heterocycles. The average molecular weight is 529 g/mol. The highest BCUT2D eigenvalue weighted by Gasteiger charge is 2.47. The molecular formula is C27H37ClN6O3. The number of nitrogens with one attached hydrogen (secondary N) is 1. The van der Waals surface area contributed by atoms with Crippen LogP contribution in [0.15, 0.2) is 51.5 Å². The molecule has 9 nitrogen and oxygen atoms in total. The number of alkyl carbamates (subject to hydrolysis) is 1. The van der Waals surface area contributed by atoms with Crippen molar-refractivity contribution in [2.24, 2.45) is 16.3 Å². The third kappa shape index (κ3) is 6.14. The summed E-state index contributed by atoms with van der Waals surface area (Å²) in [6.07, 6.45) is 5.99. The Hall–Kier alpha value is -2.94. The predicted octanol–water partition coefficient (Wildman–Crippen LogP) is 6.06. The summed E-state index contributed by atoms with van der Waals surface area (Å²) < 4.78 is 7.10. The molecule has 1 aromatic heterocycles. The van der Waals surface area contributed by atoms with E-state index in [2.05, 4.69) is 22.6 Å². The smallest absolute Gasteiger partial charge is 0.409 e. The van der Waals surface area contributed by atoms with Gasteiger partial charge in [-0.05, 0) is 58.2 Å². The first-order valence-corrected chi connectivity index (χ1v) is 13.6. The van der Waals surface area contributed by atoms with Gasteiger partial charge in [0.2, 0.25) is 0 Å². The van der Waals surface area contributed by atoms with E-state index in [4.69, 9.17) is 21.4 Å². The van der Waals surface area contributed by atoms with Crippen LogP contribution in [0.1, 0.15) is 78.2 Å². The Balaban J connectivity index is 1.88. The predicted molar refractivity (Wildman–Crippen MR) is 144 cm³/mol. The summed E-state index contributed by atoms with van der Waals surface area (Å²) in [7, 11) is 0. The van der Waals surface area contributed by atoms with Gasteiger partial charge in [-0.25, -0.2) is 9.80 Å². The van der Waals surface area contributed by atoms with Gasteiger partial charge in [-0.3, -0.25) is 10.1 Å². The zero-order chi connectivity index (χ0) is 26.6. The molecule has 0 radical (unpaired) electrons. The molecule has 0 bridgehead atoms. The number of hydrogen-bond acceptors (Lipinski definition) is 7. The molecule has 0 spiro atoms. The SMILES string of the molecule is CCCC1CN(c2ccc(=O)n(C(NC(=O)OC(C)(C)C)(c3cccc(Cl)c3)C3CCCCC3)n2)N=N1. The Morgan fingerprint density at radius 1 is 1.16 bits per heavy atom. The van der Waals surface area contributed by atoms with E-state index in [0.717, 1.165) is 44.9 Å². The van der Waals surface area contributed by atoms with E-state index >= 15 is 0 Å². The Kier molecular flexibility index (Phi) is 8.21. The first-order chi connectivity index (χ1) is 17.6. The lowest BCUT2D eigenvalue weighted by Gasteiger charge is -2.44. The average Bonchev–Trinajstić information content (AvgIpc) is 3.31. The number of rotatable bonds is 7. The van der Waals surface area contributed by atoms with Crippen molar-refractivity contribution < 1.29 is 9.53 Å². The van der Waals surface area contributed by atoms with Gasteiger partial charge in [0.1, 0.15) is 5.60 Å². The molecule has 200 valence electrons. The number of aromatic nitrogens is 2. The van der Waals surface area contributed by atoms with E-state index in [0.29, 0.717) is 22.9 Å². The largest absolute Gasteiger partial charge is 0.444 e. The van der Waals surface area contributed by atoms with Crippen molar-refractivity contribution in [3.63, 3.8) is 0 Å². The van der Waals surface area contributed by atoms with Gasteiger partial charge >= 0.3 is 6.09 Å². The van der Waals surface area contributed by atoms with Gasteiger partial charge in [0.25, 0.3) is 5.56 Å². The third-order valence-corrected chi connectivity index (χ3v) is 7.10. The van der Waals surface area contributed by atoms with Crippen LogP contribution in [0.3, 0.4) is 0 Å². The van der Waals surface area contributed by atoms with Crippen molar-refractivity contribution in [2.75, 3.05) is 11.6 Å². The molecule has 1 amide bonds.